The van der Waals surface area contributed by atoms with E-state index in [-0.39, 0.29) is 18.1 Å². The molecule has 1 aromatic rings. The third-order valence-corrected chi connectivity index (χ3v) is 3.65. The highest BCUT2D eigenvalue weighted by atomic mass is 16.5. The Bertz CT molecular complexity index is 479. The molecule has 6 heteroatoms. The number of carbonyl (C=O) groups is 1. The Morgan fingerprint density at radius 2 is 2.37 bits per heavy atom. The Kier molecular flexibility index (Phi) is 3.33. The van der Waals surface area contributed by atoms with Crippen LogP contribution in [0, 0.1) is 0 Å². The van der Waals surface area contributed by atoms with Gasteiger partial charge in [0.2, 0.25) is 0 Å². The predicted molar refractivity (Wildman–Crippen MR) is 70.0 cm³/mol. The smallest absolute Gasteiger partial charge is 0.271 e. The minimum atomic E-state index is -0.173. The lowest BCUT2D eigenvalue weighted by molar-refractivity contribution is 0.0837. The molecule has 3 heterocycles. The zero-order valence-corrected chi connectivity index (χ0v) is 10.9. The number of aromatic nitrogens is 2. The molecule has 2 saturated heterocycles. The number of hydrogen-bond donors (Lipinski definition) is 2. The van der Waals surface area contributed by atoms with Gasteiger partial charge in [0.1, 0.15) is 11.5 Å². The molecule has 0 saturated carbocycles. The van der Waals surface area contributed by atoms with E-state index in [1.807, 2.05) is 6.92 Å². The van der Waals surface area contributed by atoms with Gasteiger partial charge in [0.15, 0.2) is 0 Å². The van der Waals surface area contributed by atoms with Crippen molar-refractivity contribution >= 4 is 11.7 Å². The Balaban J connectivity index is 1.65. The van der Waals surface area contributed by atoms with E-state index in [4.69, 9.17) is 4.74 Å². The molecule has 2 aliphatic rings. The average Bonchev–Trinajstić information content (AvgIpc) is 3.02. The topological polar surface area (TPSA) is 76.1 Å². The van der Waals surface area contributed by atoms with E-state index in [0.717, 1.165) is 25.8 Å². The fourth-order valence-electron chi connectivity index (χ4n) is 2.77. The number of carbonyl (C=O) groups excluding carboxylic acids is 1. The first-order valence-electron chi connectivity index (χ1n) is 6.78. The lowest BCUT2D eigenvalue weighted by Crippen LogP contribution is -2.41. The van der Waals surface area contributed by atoms with Crippen molar-refractivity contribution in [2.24, 2.45) is 0 Å². The normalized spacial score (nSPS) is 28.4. The molecule has 6 nitrogen and oxygen atoms in total. The number of amides is 1. The van der Waals surface area contributed by atoms with E-state index >= 15 is 0 Å². The van der Waals surface area contributed by atoms with E-state index in [1.54, 1.807) is 6.20 Å². The van der Waals surface area contributed by atoms with Gasteiger partial charge in [0, 0.05) is 6.54 Å². The molecule has 3 rings (SSSR count). The highest BCUT2D eigenvalue weighted by Gasteiger charge is 2.41. The van der Waals surface area contributed by atoms with Crippen molar-refractivity contribution in [2.45, 2.75) is 44.4 Å². The van der Waals surface area contributed by atoms with Crippen LogP contribution in [-0.4, -0.2) is 40.7 Å². The van der Waals surface area contributed by atoms with Crippen molar-refractivity contribution in [1.82, 2.24) is 15.3 Å². The van der Waals surface area contributed by atoms with Gasteiger partial charge in [-0.1, -0.05) is 0 Å². The van der Waals surface area contributed by atoms with E-state index in [2.05, 4.69) is 20.6 Å². The fraction of sp³-hybridized carbons (Fsp3) is 0.615. The Morgan fingerprint density at radius 1 is 1.47 bits per heavy atom. The summed E-state index contributed by atoms with van der Waals surface area (Å²) < 4.78 is 5.72. The Morgan fingerprint density at radius 3 is 3.05 bits per heavy atom. The standard InChI is InChI=1S/C13H18N4O2/c1-2-15-12-7-14-6-10(16-12)13(18)17-9-5-8-3-4-11(9)19-8/h6-9,11H,2-5H2,1H3,(H,15,16)(H,17,18). The number of hydrogen-bond acceptors (Lipinski definition) is 5. The van der Waals surface area contributed by atoms with Gasteiger partial charge in [-0.3, -0.25) is 9.78 Å². The molecule has 2 aliphatic heterocycles. The highest BCUT2D eigenvalue weighted by Crippen LogP contribution is 2.34. The summed E-state index contributed by atoms with van der Waals surface area (Å²) in [5, 5.41) is 6.05. The second-order valence-electron chi connectivity index (χ2n) is 5.01. The van der Waals surface area contributed by atoms with Gasteiger partial charge >= 0.3 is 0 Å². The van der Waals surface area contributed by atoms with Crippen LogP contribution in [0.15, 0.2) is 12.4 Å². The molecule has 2 N–H and O–H groups in total. The summed E-state index contributed by atoms with van der Waals surface area (Å²) in [5.74, 6) is 0.452. The third-order valence-electron chi connectivity index (χ3n) is 3.65. The largest absolute Gasteiger partial charge is 0.373 e. The molecular formula is C13H18N4O2. The molecular weight excluding hydrogens is 244 g/mol. The number of ether oxygens (including phenoxy) is 1. The Labute approximate surface area is 112 Å². The van der Waals surface area contributed by atoms with Gasteiger partial charge in [-0.2, -0.15) is 0 Å². The fourth-order valence-corrected chi connectivity index (χ4v) is 2.77. The number of nitrogens with one attached hydrogen (secondary N) is 2. The van der Waals surface area contributed by atoms with Crippen molar-refractivity contribution in [3.05, 3.63) is 18.1 Å². The summed E-state index contributed by atoms with van der Waals surface area (Å²) in [5.41, 5.74) is 0.348. The molecule has 2 bridgehead atoms. The summed E-state index contributed by atoms with van der Waals surface area (Å²) in [6.07, 6.45) is 6.68. The minimum absolute atomic E-state index is 0.121. The summed E-state index contributed by atoms with van der Waals surface area (Å²) in [7, 11) is 0. The summed E-state index contributed by atoms with van der Waals surface area (Å²) in [4.78, 5) is 20.4. The van der Waals surface area contributed by atoms with Gasteiger partial charge in [-0.15, -0.1) is 0 Å². The maximum atomic E-state index is 12.1. The van der Waals surface area contributed by atoms with Crippen molar-refractivity contribution in [2.75, 3.05) is 11.9 Å². The van der Waals surface area contributed by atoms with Crippen LogP contribution < -0.4 is 10.6 Å². The van der Waals surface area contributed by atoms with Crippen LogP contribution in [0.5, 0.6) is 0 Å². The van der Waals surface area contributed by atoms with Gasteiger partial charge in [-0.25, -0.2) is 4.98 Å². The SMILES string of the molecule is CCNc1cncc(C(=O)NC2CC3CCC2O3)n1. The van der Waals surface area contributed by atoms with E-state index in [0.29, 0.717) is 17.6 Å². The second kappa shape index (κ2) is 5.13. The van der Waals surface area contributed by atoms with Crippen LogP contribution >= 0.6 is 0 Å². The molecule has 3 atom stereocenters. The van der Waals surface area contributed by atoms with Crippen LogP contribution in [0.2, 0.25) is 0 Å². The molecule has 0 radical (unpaired) electrons. The lowest BCUT2D eigenvalue weighted by atomic mass is 9.95. The van der Waals surface area contributed by atoms with Crippen molar-refractivity contribution in [3.63, 3.8) is 0 Å². The summed E-state index contributed by atoms with van der Waals surface area (Å²) in [6.45, 7) is 2.72. The molecule has 3 unspecified atom stereocenters. The molecule has 0 aliphatic carbocycles. The zero-order chi connectivity index (χ0) is 13.2. The van der Waals surface area contributed by atoms with E-state index in [9.17, 15) is 4.79 Å². The Hall–Kier alpha value is -1.69. The maximum Gasteiger partial charge on any atom is 0.271 e. The first-order chi connectivity index (χ1) is 9.26. The molecule has 19 heavy (non-hydrogen) atoms. The van der Waals surface area contributed by atoms with Gasteiger partial charge in [0.25, 0.3) is 5.91 Å². The van der Waals surface area contributed by atoms with E-state index < -0.39 is 0 Å². The quantitative estimate of drug-likeness (QED) is 0.845. The van der Waals surface area contributed by atoms with Crippen molar-refractivity contribution in [1.29, 1.82) is 0 Å². The van der Waals surface area contributed by atoms with Gasteiger partial charge in [0.05, 0.1) is 30.6 Å². The molecule has 2 fully saturated rings. The van der Waals surface area contributed by atoms with Gasteiger partial charge in [-0.05, 0) is 26.2 Å². The van der Waals surface area contributed by atoms with Crippen LogP contribution in [0.4, 0.5) is 5.82 Å². The van der Waals surface area contributed by atoms with Crippen LogP contribution in [0.1, 0.15) is 36.7 Å². The number of anilines is 1. The second-order valence-corrected chi connectivity index (χ2v) is 5.01. The van der Waals surface area contributed by atoms with Crippen LogP contribution in [-0.2, 0) is 4.74 Å². The summed E-state index contributed by atoms with van der Waals surface area (Å²) in [6, 6.07) is 0.121. The molecule has 0 spiro atoms. The summed E-state index contributed by atoms with van der Waals surface area (Å²) >= 11 is 0. The average molecular weight is 262 g/mol. The predicted octanol–water partition coefficient (Wildman–Crippen LogP) is 0.958. The molecule has 102 valence electrons. The van der Waals surface area contributed by atoms with Crippen LogP contribution in [0.3, 0.4) is 0 Å². The zero-order valence-electron chi connectivity index (χ0n) is 10.9. The van der Waals surface area contributed by atoms with Gasteiger partial charge < -0.3 is 15.4 Å². The molecule has 0 aromatic carbocycles. The number of nitrogens with zero attached hydrogens (tertiary/aromatic N) is 2. The van der Waals surface area contributed by atoms with Crippen molar-refractivity contribution < 1.29 is 9.53 Å². The maximum absolute atomic E-state index is 12.1. The molecule has 1 amide bonds. The number of fused-ring (bicyclic) bond motifs is 2. The lowest BCUT2D eigenvalue weighted by Gasteiger charge is -2.19. The molecule has 1 aromatic heterocycles. The first kappa shape index (κ1) is 12.3. The highest BCUT2D eigenvalue weighted by molar-refractivity contribution is 5.92. The first-order valence-corrected chi connectivity index (χ1v) is 6.78. The van der Waals surface area contributed by atoms with Crippen LogP contribution in [0.25, 0.3) is 0 Å². The van der Waals surface area contributed by atoms with Crippen molar-refractivity contribution in [3.8, 4) is 0 Å². The monoisotopic (exact) mass is 262 g/mol. The number of rotatable bonds is 4. The minimum Gasteiger partial charge on any atom is -0.373 e. The third kappa shape index (κ3) is 2.53. The van der Waals surface area contributed by atoms with E-state index in [1.165, 1.54) is 6.20 Å².